The number of nitro groups is 1. The second-order valence-corrected chi connectivity index (χ2v) is 5.08. The summed E-state index contributed by atoms with van der Waals surface area (Å²) in [6.07, 6.45) is 0. The molecule has 9 nitrogen and oxygen atoms in total. The predicted molar refractivity (Wildman–Crippen MR) is 82.9 cm³/mol. The Morgan fingerprint density at radius 1 is 1.35 bits per heavy atom. The lowest BCUT2D eigenvalue weighted by Gasteiger charge is -2.14. The van der Waals surface area contributed by atoms with Crippen LogP contribution < -0.4 is 10.9 Å². The van der Waals surface area contributed by atoms with Gasteiger partial charge in [-0.05, 0) is 24.7 Å². The van der Waals surface area contributed by atoms with Gasteiger partial charge in [-0.25, -0.2) is 0 Å². The fourth-order valence-electron chi connectivity index (χ4n) is 1.92. The van der Waals surface area contributed by atoms with Crippen molar-refractivity contribution in [2.24, 2.45) is 0 Å². The monoisotopic (exact) mass is 336 g/mol. The van der Waals surface area contributed by atoms with E-state index in [9.17, 15) is 24.8 Å². The number of hydrogen-bond acceptors (Lipinski definition) is 6. The minimum absolute atomic E-state index is 0.0722. The molecule has 4 N–H and O–H groups in total. The van der Waals surface area contributed by atoms with Crippen LogP contribution in [0, 0.1) is 14.9 Å². The molecule has 0 spiro atoms. The van der Waals surface area contributed by atoms with E-state index in [1.807, 2.05) is 0 Å². The fraction of sp³-hybridized carbons (Fsp3) is 0.154. The summed E-state index contributed by atoms with van der Waals surface area (Å²) in [5, 5.41) is 22.8. The van der Waals surface area contributed by atoms with Crippen molar-refractivity contribution in [3.8, 4) is 5.88 Å². The Balaban J connectivity index is 2.21. The van der Waals surface area contributed by atoms with Gasteiger partial charge in [0.25, 0.3) is 17.2 Å². The number of nitro benzene ring substituents is 1. The molecule has 120 valence electrons. The number of nitrogens with zero attached hydrogens (tertiary/aromatic N) is 1. The van der Waals surface area contributed by atoms with Gasteiger partial charge in [-0.15, -0.1) is 0 Å². The van der Waals surface area contributed by atoms with Crippen LogP contribution in [0.25, 0.3) is 0 Å². The molecular formula is C13H12N4O5S. The summed E-state index contributed by atoms with van der Waals surface area (Å²) in [7, 11) is 0. The van der Waals surface area contributed by atoms with E-state index in [1.165, 1.54) is 24.3 Å². The smallest absolute Gasteiger partial charge is 0.269 e. The van der Waals surface area contributed by atoms with Gasteiger partial charge < -0.3 is 15.4 Å². The molecule has 0 radical (unpaired) electrons. The zero-order chi connectivity index (χ0) is 17.1. The minimum atomic E-state index is -0.820. The van der Waals surface area contributed by atoms with Gasteiger partial charge in [0.1, 0.15) is 0 Å². The van der Waals surface area contributed by atoms with Crippen LogP contribution in [0.5, 0.6) is 5.88 Å². The molecule has 1 aromatic heterocycles. The molecule has 2 aromatic rings. The average Bonchev–Trinajstić information content (AvgIpc) is 2.46. The highest BCUT2D eigenvalue weighted by Crippen LogP contribution is 2.18. The first-order valence-electron chi connectivity index (χ1n) is 6.40. The van der Waals surface area contributed by atoms with Crippen LogP contribution in [-0.2, 0) is 0 Å². The van der Waals surface area contributed by atoms with Gasteiger partial charge in [0.2, 0.25) is 5.88 Å². The van der Waals surface area contributed by atoms with Gasteiger partial charge in [-0.2, -0.15) is 0 Å². The topological polar surface area (TPSA) is 141 Å². The molecule has 2 rings (SSSR count). The van der Waals surface area contributed by atoms with Crippen LogP contribution in [0.3, 0.4) is 0 Å². The van der Waals surface area contributed by atoms with Crippen molar-refractivity contribution in [3.63, 3.8) is 0 Å². The van der Waals surface area contributed by atoms with Gasteiger partial charge in [-0.3, -0.25) is 24.7 Å². The molecule has 1 amide bonds. The first kappa shape index (κ1) is 16.4. The Morgan fingerprint density at radius 2 is 1.96 bits per heavy atom. The van der Waals surface area contributed by atoms with Crippen molar-refractivity contribution >= 4 is 23.8 Å². The maximum Gasteiger partial charge on any atom is 0.269 e. The molecule has 0 aliphatic heterocycles. The average molecular weight is 336 g/mol. The molecule has 23 heavy (non-hydrogen) atoms. The summed E-state index contributed by atoms with van der Waals surface area (Å²) >= 11 is 4.67. The number of aromatic hydroxyl groups is 1. The van der Waals surface area contributed by atoms with Crippen LogP contribution in [0.4, 0.5) is 5.69 Å². The van der Waals surface area contributed by atoms with E-state index in [0.717, 1.165) is 0 Å². The maximum absolute atomic E-state index is 12.1. The quantitative estimate of drug-likeness (QED) is 0.379. The second kappa shape index (κ2) is 6.40. The highest BCUT2D eigenvalue weighted by atomic mass is 32.1. The van der Waals surface area contributed by atoms with Crippen LogP contribution in [0.2, 0.25) is 0 Å². The number of carbonyl (C=O) groups is 1. The van der Waals surface area contributed by atoms with E-state index in [-0.39, 0.29) is 10.5 Å². The number of non-ortho nitro benzene ring substituents is 1. The first-order valence-corrected chi connectivity index (χ1v) is 6.81. The van der Waals surface area contributed by atoms with Gasteiger partial charge in [0.05, 0.1) is 11.0 Å². The lowest BCUT2D eigenvalue weighted by atomic mass is 10.1. The highest BCUT2D eigenvalue weighted by molar-refractivity contribution is 7.71. The number of rotatable bonds is 4. The Bertz CT molecular complexity index is 871. The van der Waals surface area contributed by atoms with E-state index in [0.29, 0.717) is 5.56 Å². The van der Waals surface area contributed by atoms with Crippen LogP contribution >= 0.6 is 12.2 Å². The van der Waals surface area contributed by atoms with Crippen LogP contribution in [0.15, 0.2) is 29.1 Å². The second-order valence-electron chi connectivity index (χ2n) is 4.68. The molecule has 1 heterocycles. The molecule has 0 fully saturated rings. The van der Waals surface area contributed by atoms with E-state index >= 15 is 0 Å². The third kappa shape index (κ3) is 3.61. The number of H-pyrrole nitrogens is 2. The molecular weight excluding hydrogens is 324 g/mol. The Hall–Kier alpha value is -3.01. The Morgan fingerprint density at radius 3 is 2.48 bits per heavy atom. The van der Waals surface area contributed by atoms with E-state index < -0.39 is 33.9 Å². The molecule has 0 bridgehead atoms. The molecule has 0 saturated carbocycles. The molecule has 0 saturated heterocycles. The van der Waals surface area contributed by atoms with Crippen molar-refractivity contribution in [2.75, 3.05) is 0 Å². The SMILES string of the molecule is C[C@@H](NC(=O)c1c(O)[nH]c(=S)[nH]c1=O)c1ccc([N+](=O)[O-])cc1. The third-order valence-electron chi connectivity index (χ3n) is 3.10. The van der Waals surface area contributed by atoms with E-state index in [4.69, 9.17) is 0 Å². The minimum Gasteiger partial charge on any atom is -0.494 e. The molecule has 0 aliphatic carbocycles. The zero-order valence-electron chi connectivity index (χ0n) is 11.8. The van der Waals surface area contributed by atoms with E-state index in [2.05, 4.69) is 27.5 Å². The third-order valence-corrected chi connectivity index (χ3v) is 3.31. The van der Waals surface area contributed by atoms with Gasteiger partial charge in [0.15, 0.2) is 10.3 Å². The first-order chi connectivity index (χ1) is 10.8. The number of aromatic nitrogens is 2. The summed E-state index contributed by atoms with van der Waals surface area (Å²) < 4.78 is -0.104. The Kier molecular flexibility index (Phi) is 4.55. The summed E-state index contributed by atoms with van der Waals surface area (Å²) in [4.78, 5) is 38.4. The fourth-order valence-corrected chi connectivity index (χ4v) is 2.11. The molecule has 10 heteroatoms. The number of carbonyl (C=O) groups excluding carboxylic acids is 1. The predicted octanol–water partition coefficient (Wildman–Crippen LogP) is 1.54. The molecule has 0 unspecified atom stereocenters. The zero-order valence-corrected chi connectivity index (χ0v) is 12.6. The van der Waals surface area contributed by atoms with E-state index in [1.54, 1.807) is 6.92 Å². The lowest BCUT2D eigenvalue weighted by molar-refractivity contribution is -0.384. The van der Waals surface area contributed by atoms with Crippen molar-refractivity contribution in [1.82, 2.24) is 15.3 Å². The van der Waals surface area contributed by atoms with Crippen molar-refractivity contribution < 1.29 is 14.8 Å². The summed E-state index contributed by atoms with van der Waals surface area (Å²) in [6.45, 7) is 1.63. The summed E-state index contributed by atoms with van der Waals surface area (Å²) in [6, 6.07) is 5.06. The van der Waals surface area contributed by atoms with Crippen molar-refractivity contribution in [1.29, 1.82) is 0 Å². The largest absolute Gasteiger partial charge is 0.494 e. The highest BCUT2D eigenvalue weighted by Gasteiger charge is 2.19. The van der Waals surface area contributed by atoms with Crippen LogP contribution in [0.1, 0.15) is 28.9 Å². The normalized spacial score (nSPS) is 11.7. The standard InChI is InChI=1S/C13H12N4O5S/c1-6(7-2-4-8(5-3-7)17(21)22)14-10(18)9-11(19)15-13(23)16-12(9)20/h2-6H,1H3,(H,14,18)(H3,15,16,19,20,23)/t6-/m1/s1. The van der Waals surface area contributed by atoms with Gasteiger partial charge in [-0.1, -0.05) is 12.1 Å². The number of hydrogen-bond donors (Lipinski definition) is 4. The number of benzene rings is 1. The summed E-state index contributed by atoms with van der Waals surface area (Å²) in [5.41, 5.74) is -0.784. The molecule has 1 atom stereocenters. The van der Waals surface area contributed by atoms with Gasteiger partial charge in [0, 0.05) is 12.1 Å². The Labute approximate surface area is 134 Å². The summed E-state index contributed by atoms with van der Waals surface area (Å²) in [5.74, 6) is -1.44. The maximum atomic E-state index is 12.1. The number of amides is 1. The van der Waals surface area contributed by atoms with Crippen molar-refractivity contribution in [2.45, 2.75) is 13.0 Å². The van der Waals surface area contributed by atoms with Crippen molar-refractivity contribution in [3.05, 3.63) is 60.6 Å². The van der Waals surface area contributed by atoms with Gasteiger partial charge >= 0.3 is 0 Å². The lowest BCUT2D eigenvalue weighted by Crippen LogP contribution is -2.32. The number of nitrogens with one attached hydrogen (secondary N) is 3. The van der Waals surface area contributed by atoms with Crippen LogP contribution in [-0.4, -0.2) is 25.9 Å². The number of aromatic amines is 2. The molecule has 0 aliphatic rings. The molecule has 1 aromatic carbocycles.